The molecule has 1 aliphatic heterocycles. The van der Waals surface area contributed by atoms with Gasteiger partial charge in [0.25, 0.3) is 0 Å². The van der Waals surface area contributed by atoms with Gasteiger partial charge < -0.3 is 5.32 Å². The van der Waals surface area contributed by atoms with Crippen LogP contribution in [0.4, 0.5) is 0 Å². The molecule has 0 aromatic carbocycles. The lowest BCUT2D eigenvalue weighted by Crippen LogP contribution is -2.37. The second-order valence-corrected chi connectivity index (χ2v) is 5.80. The van der Waals surface area contributed by atoms with Crippen LogP contribution in [0, 0.1) is 5.92 Å². The Morgan fingerprint density at radius 3 is 2.42 bits per heavy atom. The minimum Gasteiger partial charge on any atom is -0.311 e. The van der Waals surface area contributed by atoms with Crippen LogP contribution >= 0.6 is 0 Å². The van der Waals surface area contributed by atoms with Crippen molar-refractivity contribution in [1.82, 2.24) is 5.32 Å². The van der Waals surface area contributed by atoms with E-state index < -0.39 is 10.8 Å². The Morgan fingerprint density at radius 1 is 1.33 bits per heavy atom. The van der Waals surface area contributed by atoms with Crippen LogP contribution in [0.15, 0.2) is 0 Å². The first-order chi connectivity index (χ1) is 5.75. The van der Waals surface area contributed by atoms with Crippen molar-refractivity contribution in [2.24, 2.45) is 5.92 Å². The molecule has 0 aromatic heterocycles. The molecular weight excluding hydrogens is 170 g/mol. The fraction of sp³-hybridized carbons (Fsp3) is 1.00. The van der Waals surface area contributed by atoms with Crippen LogP contribution in [0.5, 0.6) is 0 Å². The number of rotatable bonds is 2. The highest BCUT2D eigenvalue weighted by Gasteiger charge is 2.34. The fourth-order valence-electron chi connectivity index (χ4n) is 1.82. The van der Waals surface area contributed by atoms with Crippen LogP contribution in [0.25, 0.3) is 0 Å². The maximum atomic E-state index is 11.1. The summed E-state index contributed by atoms with van der Waals surface area (Å²) >= 11 is 0. The molecule has 0 spiro atoms. The van der Waals surface area contributed by atoms with Gasteiger partial charge in [-0.15, -0.1) is 0 Å². The molecule has 2 unspecified atom stereocenters. The fourth-order valence-corrected chi connectivity index (χ4v) is 3.12. The first kappa shape index (κ1) is 8.70. The minimum atomic E-state index is -0.504. The molecule has 2 aliphatic rings. The molecule has 3 heteroatoms. The van der Waals surface area contributed by atoms with E-state index in [4.69, 9.17) is 0 Å². The van der Waals surface area contributed by atoms with E-state index in [0.29, 0.717) is 6.04 Å². The summed E-state index contributed by atoms with van der Waals surface area (Å²) in [5, 5.41) is 3.63. The van der Waals surface area contributed by atoms with Crippen LogP contribution < -0.4 is 5.32 Å². The minimum absolute atomic E-state index is 0.504. The zero-order valence-electron chi connectivity index (χ0n) is 7.58. The molecular formula is C9H17NOS. The van der Waals surface area contributed by atoms with Crippen molar-refractivity contribution in [3.63, 3.8) is 0 Å². The molecule has 2 atom stereocenters. The Labute approximate surface area is 76.6 Å². The Bertz CT molecular complexity index is 185. The van der Waals surface area contributed by atoms with Crippen LogP contribution in [0.1, 0.15) is 26.2 Å². The summed E-state index contributed by atoms with van der Waals surface area (Å²) in [5.41, 5.74) is 0. The van der Waals surface area contributed by atoms with E-state index in [1.165, 1.54) is 6.42 Å². The highest BCUT2D eigenvalue weighted by atomic mass is 32.2. The first-order valence-corrected chi connectivity index (χ1v) is 6.35. The monoisotopic (exact) mass is 187 g/mol. The first-order valence-electron chi connectivity index (χ1n) is 4.87. The maximum Gasteiger partial charge on any atom is 0.0249 e. The summed E-state index contributed by atoms with van der Waals surface area (Å²) < 4.78 is 11.1. The summed E-state index contributed by atoms with van der Waals surface area (Å²) in [4.78, 5) is 0. The third-order valence-electron chi connectivity index (χ3n) is 2.95. The summed E-state index contributed by atoms with van der Waals surface area (Å²) in [7, 11) is -0.504. The largest absolute Gasteiger partial charge is 0.311 e. The predicted molar refractivity (Wildman–Crippen MR) is 51.6 cm³/mol. The third kappa shape index (κ3) is 2.07. The van der Waals surface area contributed by atoms with Gasteiger partial charge >= 0.3 is 0 Å². The van der Waals surface area contributed by atoms with Gasteiger partial charge in [-0.1, -0.05) is 6.92 Å². The van der Waals surface area contributed by atoms with Gasteiger partial charge in [-0.05, 0) is 25.2 Å². The van der Waals surface area contributed by atoms with Gasteiger partial charge in [0.05, 0.1) is 0 Å². The van der Waals surface area contributed by atoms with Crippen molar-refractivity contribution in [2.75, 3.05) is 11.5 Å². The van der Waals surface area contributed by atoms with E-state index in [1.54, 1.807) is 0 Å². The molecule has 70 valence electrons. The van der Waals surface area contributed by atoms with Crippen LogP contribution in [0.3, 0.4) is 0 Å². The van der Waals surface area contributed by atoms with Crippen LogP contribution in [-0.2, 0) is 10.8 Å². The second-order valence-electron chi connectivity index (χ2n) is 4.11. The quantitative estimate of drug-likeness (QED) is 0.696. The average molecular weight is 187 g/mol. The van der Waals surface area contributed by atoms with Gasteiger partial charge in [0.2, 0.25) is 0 Å². The smallest absolute Gasteiger partial charge is 0.0249 e. The standard InChI is InChI=1S/C9H17NOS/c1-7-6-9(7)10-8-2-4-12(11)5-3-8/h7-10H,2-6H2,1H3. The van der Waals surface area contributed by atoms with Crippen molar-refractivity contribution in [1.29, 1.82) is 0 Å². The van der Waals surface area contributed by atoms with Crippen LogP contribution in [-0.4, -0.2) is 27.8 Å². The molecule has 2 fully saturated rings. The van der Waals surface area contributed by atoms with E-state index in [1.807, 2.05) is 0 Å². The molecule has 1 heterocycles. The van der Waals surface area contributed by atoms with Gasteiger partial charge in [0, 0.05) is 34.4 Å². The number of nitrogens with one attached hydrogen (secondary N) is 1. The SMILES string of the molecule is CC1CC1NC1CCS(=O)CC1. The lowest BCUT2D eigenvalue weighted by Gasteiger charge is -2.22. The number of hydrogen-bond acceptors (Lipinski definition) is 2. The Morgan fingerprint density at radius 2 is 1.92 bits per heavy atom. The molecule has 0 bridgehead atoms. The second kappa shape index (κ2) is 3.46. The lowest BCUT2D eigenvalue weighted by atomic mass is 10.1. The van der Waals surface area contributed by atoms with Crippen molar-refractivity contribution < 1.29 is 4.21 Å². The molecule has 1 saturated carbocycles. The molecule has 1 saturated heterocycles. The van der Waals surface area contributed by atoms with E-state index in [2.05, 4.69) is 12.2 Å². The van der Waals surface area contributed by atoms with E-state index >= 15 is 0 Å². The van der Waals surface area contributed by atoms with Gasteiger partial charge in [-0.25, -0.2) is 0 Å². The molecule has 1 aliphatic carbocycles. The van der Waals surface area contributed by atoms with Crippen molar-refractivity contribution in [3.05, 3.63) is 0 Å². The van der Waals surface area contributed by atoms with E-state index in [0.717, 1.165) is 36.3 Å². The average Bonchev–Trinajstić information content (AvgIpc) is 2.72. The normalized spacial score (nSPS) is 47.4. The predicted octanol–water partition coefficient (Wildman–Crippen LogP) is 0.895. The Hall–Kier alpha value is 0.110. The zero-order chi connectivity index (χ0) is 8.55. The summed E-state index contributed by atoms with van der Waals surface area (Å²) in [6.45, 7) is 2.29. The lowest BCUT2D eigenvalue weighted by molar-refractivity contribution is 0.463. The molecule has 2 rings (SSSR count). The topological polar surface area (TPSA) is 29.1 Å². The molecule has 12 heavy (non-hydrogen) atoms. The van der Waals surface area contributed by atoms with E-state index in [9.17, 15) is 4.21 Å². The molecule has 0 radical (unpaired) electrons. The summed E-state index contributed by atoms with van der Waals surface area (Å²) in [6.07, 6.45) is 3.59. The van der Waals surface area contributed by atoms with Crippen molar-refractivity contribution in [3.8, 4) is 0 Å². The zero-order valence-corrected chi connectivity index (χ0v) is 8.40. The van der Waals surface area contributed by atoms with Crippen molar-refractivity contribution in [2.45, 2.75) is 38.3 Å². The van der Waals surface area contributed by atoms with Gasteiger partial charge in [-0.2, -0.15) is 0 Å². The van der Waals surface area contributed by atoms with Crippen molar-refractivity contribution >= 4 is 10.8 Å². The maximum absolute atomic E-state index is 11.1. The third-order valence-corrected chi connectivity index (χ3v) is 4.33. The van der Waals surface area contributed by atoms with E-state index in [-0.39, 0.29) is 0 Å². The molecule has 1 N–H and O–H groups in total. The highest BCUT2D eigenvalue weighted by molar-refractivity contribution is 7.85. The summed E-state index contributed by atoms with van der Waals surface area (Å²) in [6, 6.07) is 1.44. The van der Waals surface area contributed by atoms with Gasteiger partial charge in [0.15, 0.2) is 0 Å². The van der Waals surface area contributed by atoms with Crippen LogP contribution in [0.2, 0.25) is 0 Å². The highest BCUT2D eigenvalue weighted by Crippen LogP contribution is 2.30. The Balaban J connectivity index is 1.71. The molecule has 0 amide bonds. The number of hydrogen-bond donors (Lipinski definition) is 1. The summed E-state index contributed by atoms with van der Waals surface area (Å²) in [5.74, 6) is 2.72. The molecule has 2 nitrogen and oxygen atoms in total. The van der Waals surface area contributed by atoms with Gasteiger partial charge in [-0.3, -0.25) is 4.21 Å². The Kier molecular flexibility index (Phi) is 2.51. The molecule has 0 aromatic rings. The van der Waals surface area contributed by atoms with Gasteiger partial charge in [0.1, 0.15) is 0 Å².